The molecule has 9 heteroatoms. The highest BCUT2D eigenvalue weighted by atomic mass is 16.6. The molecule has 1 aliphatic heterocycles. The summed E-state index contributed by atoms with van der Waals surface area (Å²) in [6, 6.07) is 15.2. The second-order valence-corrected chi connectivity index (χ2v) is 7.89. The van der Waals surface area contributed by atoms with Gasteiger partial charge in [0.15, 0.2) is 11.2 Å². The molecule has 0 unspecified atom stereocenters. The number of oxazole rings is 1. The van der Waals surface area contributed by atoms with Crippen LogP contribution in [0.15, 0.2) is 65.2 Å². The van der Waals surface area contributed by atoms with E-state index in [0.29, 0.717) is 34.1 Å². The second kappa shape index (κ2) is 8.70. The van der Waals surface area contributed by atoms with E-state index in [2.05, 4.69) is 15.3 Å². The van der Waals surface area contributed by atoms with Gasteiger partial charge in [-0.3, -0.25) is 14.9 Å². The number of nitrogens with zero attached hydrogens (tertiary/aromatic N) is 4. The van der Waals surface area contributed by atoms with Gasteiger partial charge in [0.05, 0.1) is 4.92 Å². The summed E-state index contributed by atoms with van der Waals surface area (Å²) in [6.45, 7) is 1.56. The van der Waals surface area contributed by atoms with E-state index in [1.807, 2.05) is 11.0 Å². The third kappa shape index (κ3) is 4.25. The highest BCUT2D eigenvalue weighted by Gasteiger charge is 2.23. The van der Waals surface area contributed by atoms with Gasteiger partial charge in [-0.15, -0.1) is 0 Å². The van der Waals surface area contributed by atoms with Crippen LogP contribution < -0.4 is 10.2 Å². The summed E-state index contributed by atoms with van der Waals surface area (Å²) in [7, 11) is 0. The van der Waals surface area contributed by atoms with Crippen molar-refractivity contribution in [3.63, 3.8) is 0 Å². The minimum Gasteiger partial charge on any atom is -0.434 e. The third-order valence-electron chi connectivity index (χ3n) is 5.66. The molecule has 0 bridgehead atoms. The monoisotopic (exact) mass is 443 g/mol. The highest BCUT2D eigenvalue weighted by molar-refractivity contribution is 6.05. The number of fused-ring (bicyclic) bond motifs is 1. The Kier molecular flexibility index (Phi) is 5.43. The van der Waals surface area contributed by atoms with Crippen molar-refractivity contribution in [3.05, 3.63) is 76.5 Å². The molecule has 4 aromatic rings. The van der Waals surface area contributed by atoms with Crippen molar-refractivity contribution in [1.29, 1.82) is 0 Å². The normalized spacial score (nSPS) is 13.8. The van der Waals surface area contributed by atoms with Gasteiger partial charge >= 0.3 is 0 Å². The van der Waals surface area contributed by atoms with Gasteiger partial charge in [0.2, 0.25) is 5.89 Å². The fourth-order valence-electron chi connectivity index (χ4n) is 4.04. The minimum atomic E-state index is -0.431. The molecule has 0 atom stereocenters. The molecule has 1 N–H and O–H groups in total. The Bertz CT molecular complexity index is 1310. The fraction of sp³-hybridized carbons (Fsp3) is 0.208. The lowest BCUT2D eigenvalue weighted by molar-refractivity contribution is -0.384. The highest BCUT2D eigenvalue weighted by Crippen LogP contribution is 2.32. The Hall–Kier alpha value is -4.27. The molecule has 1 fully saturated rings. The standard InChI is InChI=1S/C24H21N5O4/c30-23(16-9-10-19(20(15-16)29(31)32)28-12-2-1-3-13-28)26-18-7-4-6-17(14-18)24-27-22-21(33-24)8-5-11-25-22/h4-11,14-15H,1-3,12-13H2,(H,26,30). The molecule has 1 aliphatic rings. The molecule has 2 aromatic carbocycles. The predicted molar refractivity (Wildman–Crippen MR) is 124 cm³/mol. The first-order chi connectivity index (χ1) is 16.1. The lowest BCUT2D eigenvalue weighted by Gasteiger charge is -2.28. The van der Waals surface area contributed by atoms with E-state index in [9.17, 15) is 14.9 Å². The number of carbonyl (C=O) groups excluding carboxylic acids is 1. The van der Waals surface area contributed by atoms with Crippen LogP contribution >= 0.6 is 0 Å². The lowest BCUT2D eigenvalue weighted by atomic mass is 10.1. The zero-order valence-electron chi connectivity index (χ0n) is 17.7. The molecule has 1 saturated heterocycles. The average molecular weight is 443 g/mol. The Balaban J connectivity index is 1.38. The number of rotatable bonds is 5. The molecule has 0 spiro atoms. The van der Waals surface area contributed by atoms with E-state index in [1.54, 1.807) is 48.7 Å². The van der Waals surface area contributed by atoms with E-state index in [1.165, 1.54) is 6.07 Å². The predicted octanol–water partition coefficient (Wildman–Crippen LogP) is 5.04. The molecule has 9 nitrogen and oxygen atoms in total. The SMILES string of the molecule is O=C(Nc1cccc(-c2nc3ncccc3o2)c1)c1ccc(N2CCCCC2)c([N+](=O)[O-])c1. The summed E-state index contributed by atoms with van der Waals surface area (Å²) in [5.41, 5.74) is 3.00. The van der Waals surface area contributed by atoms with Crippen LogP contribution in [-0.2, 0) is 0 Å². The van der Waals surface area contributed by atoms with Gasteiger partial charge in [0, 0.05) is 42.2 Å². The number of nitro benzene ring substituents is 1. The van der Waals surface area contributed by atoms with Crippen LogP contribution in [0.1, 0.15) is 29.6 Å². The van der Waals surface area contributed by atoms with Gasteiger partial charge in [-0.25, -0.2) is 4.98 Å². The van der Waals surface area contributed by atoms with Crippen molar-refractivity contribution in [2.45, 2.75) is 19.3 Å². The Morgan fingerprint density at radius 2 is 1.91 bits per heavy atom. The van der Waals surface area contributed by atoms with Crippen LogP contribution in [0.25, 0.3) is 22.7 Å². The summed E-state index contributed by atoms with van der Waals surface area (Å²) in [5, 5.41) is 14.5. The van der Waals surface area contributed by atoms with Crippen LogP contribution in [0.2, 0.25) is 0 Å². The number of hydrogen-bond donors (Lipinski definition) is 1. The smallest absolute Gasteiger partial charge is 0.293 e. The maximum Gasteiger partial charge on any atom is 0.293 e. The van der Waals surface area contributed by atoms with Gasteiger partial charge in [0.25, 0.3) is 11.6 Å². The van der Waals surface area contributed by atoms with Gasteiger partial charge in [-0.05, 0) is 61.7 Å². The number of nitrogens with one attached hydrogen (secondary N) is 1. The van der Waals surface area contributed by atoms with E-state index >= 15 is 0 Å². The quantitative estimate of drug-likeness (QED) is 0.339. The number of piperidine rings is 1. The molecular weight excluding hydrogens is 422 g/mol. The fourth-order valence-corrected chi connectivity index (χ4v) is 4.04. The van der Waals surface area contributed by atoms with Crippen molar-refractivity contribution < 1.29 is 14.1 Å². The Morgan fingerprint density at radius 1 is 1.06 bits per heavy atom. The van der Waals surface area contributed by atoms with Gasteiger partial charge in [0.1, 0.15) is 5.69 Å². The van der Waals surface area contributed by atoms with Crippen molar-refractivity contribution in [1.82, 2.24) is 9.97 Å². The number of anilines is 2. The van der Waals surface area contributed by atoms with Crippen molar-refractivity contribution in [2.75, 3.05) is 23.3 Å². The molecule has 33 heavy (non-hydrogen) atoms. The summed E-state index contributed by atoms with van der Waals surface area (Å²) in [5.74, 6) is -0.0407. The van der Waals surface area contributed by atoms with Gasteiger partial charge in [-0.2, -0.15) is 4.98 Å². The Morgan fingerprint density at radius 3 is 2.70 bits per heavy atom. The zero-order valence-corrected chi connectivity index (χ0v) is 17.7. The molecule has 1 amide bonds. The topological polar surface area (TPSA) is 114 Å². The van der Waals surface area contributed by atoms with Crippen LogP contribution in [0.5, 0.6) is 0 Å². The minimum absolute atomic E-state index is 0.0581. The molecule has 0 radical (unpaired) electrons. The number of pyridine rings is 1. The molecule has 5 rings (SSSR count). The van der Waals surface area contributed by atoms with E-state index in [-0.39, 0.29) is 11.3 Å². The lowest BCUT2D eigenvalue weighted by Crippen LogP contribution is -2.30. The van der Waals surface area contributed by atoms with Crippen molar-refractivity contribution >= 4 is 34.2 Å². The van der Waals surface area contributed by atoms with E-state index < -0.39 is 10.8 Å². The molecule has 0 aliphatic carbocycles. The first-order valence-electron chi connectivity index (χ1n) is 10.8. The maximum absolute atomic E-state index is 12.9. The molecule has 3 heterocycles. The van der Waals surface area contributed by atoms with E-state index in [4.69, 9.17) is 4.42 Å². The van der Waals surface area contributed by atoms with Crippen molar-refractivity contribution in [3.8, 4) is 11.5 Å². The first-order valence-corrected chi connectivity index (χ1v) is 10.8. The van der Waals surface area contributed by atoms with Gasteiger partial charge < -0.3 is 14.6 Å². The Labute approximate surface area is 189 Å². The number of amides is 1. The summed E-state index contributed by atoms with van der Waals surface area (Å²) >= 11 is 0. The van der Waals surface area contributed by atoms with E-state index in [0.717, 1.165) is 32.4 Å². The summed E-state index contributed by atoms with van der Waals surface area (Å²) < 4.78 is 5.75. The maximum atomic E-state index is 12.9. The second-order valence-electron chi connectivity index (χ2n) is 7.89. The van der Waals surface area contributed by atoms with Crippen LogP contribution in [0.3, 0.4) is 0 Å². The number of carbonyl (C=O) groups is 1. The van der Waals surface area contributed by atoms with Crippen LogP contribution in [0, 0.1) is 10.1 Å². The van der Waals surface area contributed by atoms with Crippen LogP contribution in [-0.4, -0.2) is 33.9 Å². The molecule has 2 aromatic heterocycles. The zero-order chi connectivity index (χ0) is 22.8. The third-order valence-corrected chi connectivity index (χ3v) is 5.66. The number of nitro groups is 1. The first kappa shape index (κ1) is 20.6. The molecule has 166 valence electrons. The summed E-state index contributed by atoms with van der Waals surface area (Å²) in [6.07, 6.45) is 4.78. The number of hydrogen-bond acceptors (Lipinski definition) is 7. The van der Waals surface area contributed by atoms with Crippen molar-refractivity contribution in [2.24, 2.45) is 0 Å². The molecular formula is C24H21N5O4. The van der Waals surface area contributed by atoms with Crippen LogP contribution in [0.4, 0.5) is 17.1 Å². The number of aromatic nitrogens is 2. The number of benzene rings is 2. The molecule has 0 saturated carbocycles. The van der Waals surface area contributed by atoms with Gasteiger partial charge in [-0.1, -0.05) is 6.07 Å². The summed E-state index contributed by atoms with van der Waals surface area (Å²) in [4.78, 5) is 34.7. The average Bonchev–Trinajstić information content (AvgIpc) is 3.29. The largest absolute Gasteiger partial charge is 0.434 e.